The van der Waals surface area contributed by atoms with E-state index in [9.17, 15) is 9.59 Å². The summed E-state index contributed by atoms with van der Waals surface area (Å²) in [6.45, 7) is 1.75. The maximum absolute atomic E-state index is 13.0. The van der Waals surface area contributed by atoms with E-state index in [2.05, 4.69) is 20.9 Å². The number of amides is 2. The van der Waals surface area contributed by atoms with Crippen molar-refractivity contribution in [1.82, 2.24) is 15.0 Å². The largest absolute Gasteiger partial charge is 0.497 e. The molecule has 0 saturated carbocycles. The van der Waals surface area contributed by atoms with Crippen LogP contribution in [-0.4, -0.2) is 41.0 Å². The average Bonchev–Trinajstić information content (AvgIpc) is 3.25. The van der Waals surface area contributed by atoms with E-state index in [1.807, 2.05) is 18.2 Å². The van der Waals surface area contributed by atoms with Crippen molar-refractivity contribution in [2.75, 3.05) is 24.9 Å². The second-order valence-corrected chi connectivity index (χ2v) is 7.32. The molecule has 0 unspecified atom stereocenters. The molecule has 0 aliphatic heterocycles. The first-order valence-electron chi connectivity index (χ1n) is 10.4. The van der Waals surface area contributed by atoms with E-state index in [0.717, 1.165) is 0 Å². The molecule has 0 fully saturated rings. The van der Waals surface area contributed by atoms with Crippen molar-refractivity contribution in [3.05, 3.63) is 89.7 Å². The van der Waals surface area contributed by atoms with E-state index >= 15 is 0 Å². The number of carbonyl (C=O) groups is 2. The molecule has 9 heteroatoms. The number of methoxy groups -OCH3 is 2. The summed E-state index contributed by atoms with van der Waals surface area (Å²) < 4.78 is 12.0. The number of hydrogen-bond donors (Lipinski definition) is 2. The van der Waals surface area contributed by atoms with Gasteiger partial charge < -0.3 is 20.1 Å². The Morgan fingerprint density at radius 3 is 2.29 bits per heavy atom. The predicted molar refractivity (Wildman–Crippen MR) is 128 cm³/mol. The maximum Gasteiger partial charge on any atom is 0.278 e. The maximum atomic E-state index is 13.0. The fourth-order valence-corrected chi connectivity index (χ4v) is 3.40. The monoisotopic (exact) mass is 457 g/mol. The molecule has 0 atom stereocenters. The van der Waals surface area contributed by atoms with Gasteiger partial charge in [0, 0.05) is 17.8 Å². The Morgan fingerprint density at radius 2 is 1.53 bits per heavy atom. The smallest absolute Gasteiger partial charge is 0.278 e. The van der Waals surface area contributed by atoms with Gasteiger partial charge in [-0.1, -0.05) is 29.5 Å². The number of para-hydroxylation sites is 1. The lowest BCUT2D eigenvalue weighted by Crippen LogP contribution is -2.19. The van der Waals surface area contributed by atoms with Crippen molar-refractivity contribution in [3.8, 4) is 17.2 Å². The van der Waals surface area contributed by atoms with Crippen LogP contribution in [0.3, 0.4) is 0 Å². The molecule has 34 heavy (non-hydrogen) atoms. The van der Waals surface area contributed by atoms with Crippen molar-refractivity contribution in [1.29, 1.82) is 0 Å². The summed E-state index contributed by atoms with van der Waals surface area (Å²) in [6.07, 6.45) is 0. The number of anilines is 2. The third-order valence-corrected chi connectivity index (χ3v) is 5.16. The number of nitrogens with zero attached hydrogens (tertiary/aromatic N) is 3. The van der Waals surface area contributed by atoms with Gasteiger partial charge in [0.25, 0.3) is 11.8 Å². The molecule has 2 N–H and O–H groups in total. The second-order valence-electron chi connectivity index (χ2n) is 7.32. The van der Waals surface area contributed by atoms with E-state index in [1.165, 1.54) is 0 Å². The van der Waals surface area contributed by atoms with Crippen LogP contribution in [0.5, 0.6) is 11.5 Å². The minimum absolute atomic E-state index is 0.144. The highest BCUT2D eigenvalue weighted by Crippen LogP contribution is 2.22. The van der Waals surface area contributed by atoms with Gasteiger partial charge in [0.2, 0.25) is 0 Å². The Hall–Kier alpha value is -4.66. The first kappa shape index (κ1) is 22.5. The number of benzene rings is 3. The topological polar surface area (TPSA) is 107 Å². The highest BCUT2D eigenvalue weighted by atomic mass is 16.5. The van der Waals surface area contributed by atoms with Crippen LogP contribution in [0.1, 0.15) is 26.5 Å². The molecule has 1 aromatic heterocycles. The fraction of sp³-hybridized carbons (Fsp3) is 0.120. The summed E-state index contributed by atoms with van der Waals surface area (Å²) in [6, 6.07) is 21.0. The van der Waals surface area contributed by atoms with E-state index in [1.54, 1.807) is 80.4 Å². The Kier molecular flexibility index (Phi) is 6.54. The number of aromatic nitrogens is 3. The summed E-state index contributed by atoms with van der Waals surface area (Å²) >= 11 is 0. The molecule has 0 radical (unpaired) electrons. The standard InChI is InChI=1S/C25H23N5O4/c1-16-23(28-29-30(16)18-9-7-11-20(15-18)34-3)25(32)27-22-13-5-4-12-21(22)24(31)26-17-8-6-10-19(14-17)33-2/h4-15H,1-3H3,(H,26,31)(H,27,32). The summed E-state index contributed by atoms with van der Waals surface area (Å²) in [7, 11) is 3.13. The number of hydrogen-bond acceptors (Lipinski definition) is 6. The number of carbonyl (C=O) groups excluding carboxylic acids is 2. The molecule has 9 nitrogen and oxygen atoms in total. The van der Waals surface area contributed by atoms with Crippen LogP contribution in [-0.2, 0) is 0 Å². The zero-order chi connectivity index (χ0) is 24.1. The van der Waals surface area contributed by atoms with Crippen LogP contribution in [0.25, 0.3) is 5.69 Å². The molecule has 172 valence electrons. The van der Waals surface area contributed by atoms with Crippen LogP contribution < -0.4 is 20.1 Å². The number of nitrogens with one attached hydrogen (secondary N) is 2. The first-order valence-corrected chi connectivity index (χ1v) is 10.4. The van der Waals surface area contributed by atoms with Crippen molar-refractivity contribution < 1.29 is 19.1 Å². The highest BCUT2D eigenvalue weighted by molar-refractivity contribution is 6.12. The predicted octanol–water partition coefficient (Wildman–Crippen LogP) is 4.10. The van der Waals surface area contributed by atoms with Gasteiger partial charge in [-0.3, -0.25) is 9.59 Å². The first-order chi connectivity index (χ1) is 16.5. The summed E-state index contributed by atoms with van der Waals surface area (Å²) in [5.74, 6) is 0.428. The van der Waals surface area contributed by atoms with Gasteiger partial charge in [-0.05, 0) is 43.3 Å². The zero-order valence-corrected chi connectivity index (χ0v) is 18.9. The van der Waals surface area contributed by atoms with Crippen LogP contribution in [0.4, 0.5) is 11.4 Å². The third-order valence-electron chi connectivity index (χ3n) is 5.16. The van der Waals surface area contributed by atoms with Gasteiger partial charge in [0.15, 0.2) is 5.69 Å². The van der Waals surface area contributed by atoms with Gasteiger partial charge in [-0.15, -0.1) is 5.10 Å². The van der Waals surface area contributed by atoms with E-state index in [4.69, 9.17) is 9.47 Å². The quantitative estimate of drug-likeness (QED) is 0.433. The van der Waals surface area contributed by atoms with Gasteiger partial charge in [-0.25, -0.2) is 4.68 Å². The van der Waals surface area contributed by atoms with E-state index in [-0.39, 0.29) is 11.6 Å². The summed E-state index contributed by atoms with van der Waals surface area (Å²) in [4.78, 5) is 25.9. The third kappa shape index (κ3) is 4.73. The minimum atomic E-state index is -0.478. The molecule has 1 heterocycles. The molecule has 2 amide bonds. The Bertz CT molecular complexity index is 1350. The van der Waals surface area contributed by atoms with Crippen molar-refractivity contribution in [2.24, 2.45) is 0 Å². The van der Waals surface area contributed by atoms with Crippen LogP contribution in [0, 0.1) is 6.92 Å². The van der Waals surface area contributed by atoms with E-state index in [0.29, 0.717) is 39.8 Å². The van der Waals surface area contributed by atoms with Gasteiger partial charge in [0.1, 0.15) is 11.5 Å². The van der Waals surface area contributed by atoms with Crippen LogP contribution >= 0.6 is 0 Å². The molecule has 3 aromatic carbocycles. The highest BCUT2D eigenvalue weighted by Gasteiger charge is 2.20. The number of rotatable bonds is 7. The van der Waals surface area contributed by atoms with Crippen molar-refractivity contribution >= 4 is 23.2 Å². The second kappa shape index (κ2) is 9.86. The van der Waals surface area contributed by atoms with Gasteiger partial charge in [-0.2, -0.15) is 0 Å². The molecule has 4 aromatic rings. The Balaban J connectivity index is 1.55. The SMILES string of the molecule is COc1cccc(NC(=O)c2ccccc2NC(=O)c2nnn(-c3cccc(OC)c3)c2C)c1. The zero-order valence-electron chi connectivity index (χ0n) is 18.9. The lowest BCUT2D eigenvalue weighted by Gasteiger charge is -2.12. The molecular weight excluding hydrogens is 434 g/mol. The van der Waals surface area contributed by atoms with E-state index < -0.39 is 5.91 Å². The fourth-order valence-electron chi connectivity index (χ4n) is 3.40. The molecule has 0 aliphatic rings. The molecular formula is C25H23N5O4. The summed E-state index contributed by atoms with van der Waals surface area (Å²) in [5.41, 5.74) is 2.62. The molecule has 0 saturated heterocycles. The lowest BCUT2D eigenvalue weighted by molar-refractivity contribution is 0.102. The number of ether oxygens (including phenoxy) is 2. The molecule has 0 bridgehead atoms. The van der Waals surface area contributed by atoms with Crippen molar-refractivity contribution in [2.45, 2.75) is 6.92 Å². The van der Waals surface area contributed by atoms with Crippen LogP contribution in [0.15, 0.2) is 72.8 Å². The molecule has 4 rings (SSSR count). The summed E-state index contributed by atoms with van der Waals surface area (Å²) in [5, 5.41) is 13.8. The normalized spacial score (nSPS) is 10.4. The Labute approximate surface area is 196 Å². The molecule has 0 aliphatic carbocycles. The lowest BCUT2D eigenvalue weighted by atomic mass is 10.1. The van der Waals surface area contributed by atoms with Crippen molar-refractivity contribution in [3.63, 3.8) is 0 Å². The minimum Gasteiger partial charge on any atom is -0.497 e. The molecule has 0 spiro atoms. The van der Waals surface area contributed by atoms with Gasteiger partial charge >= 0.3 is 0 Å². The Morgan fingerprint density at radius 1 is 0.824 bits per heavy atom. The van der Waals surface area contributed by atoms with Crippen LogP contribution in [0.2, 0.25) is 0 Å². The average molecular weight is 457 g/mol. The van der Waals surface area contributed by atoms with Gasteiger partial charge in [0.05, 0.1) is 36.9 Å².